The highest BCUT2D eigenvalue weighted by Gasteiger charge is 2.36. The van der Waals surface area contributed by atoms with Gasteiger partial charge in [-0.15, -0.1) is 0 Å². The number of carbonyl (C=O) groups is 2. The maximum absolute atomic E-state index is 13.7. The zero-order chi connectivity index (χ0) is 29.0. The van der Waals surface area contributed by atoms with Crippen LogP contribution in [0.15, 0.2) is 77.7 Å². The van der Waals surface area contributed by atoms with Crippen LogP contribution in [0.4, 0.5) is 18.9 Å². The Kier molecular flexibility index (Phi) is 9.29. The van der Waals surface area contributed by atoms with Crippen molar-refractivity contribution in [2.75, 3.05) is 17.9 Å². The number of alkyl halides is 3. The molecule has 0 bridgehead atoms. The molecule has 0 aliphatic carbocycles. The van der Waals surface area contributed by atoms with E-state index >= 15 is 0 Å². The summed E-state index contributed by atoms with van der Waals surface area (Å²) in [5.41, 5.74) is -0.115. The van der Waals surface area contributed by atoms with Crippen molar-refractivity contribution in [1.29, 1.82) is 0 Å². The van der Waals surface area contributed by atoms with E-state index in [0.29, 0.717) is 15.9 Å². The van der Waals surface area contributed by atoms with Gasteiger partial charge in [-0.05, 0) is 55.3 Å². The van der Waals surface area contributed by atoms with E-state index in [2.05, 4.69) is 5.32 Å². The summed E-state index contributed by atoms with van der Waals surface area (Å²) in [5.74, 6) is -1.29. The molecule has 7 nitrogen and oxygen atoms in total. The van der Waals surface area contributed by atoms with Crippen molar-refractivity contribution >= 4 is 39.1 Å². The second-order valence-corrected chi connectivity index (χ2v) is 11.0. The van der Waals surface area contributed by atoms with Crippen LogP contribution in [0.25, 0.3) is 0 Å². The Hall–Kier alpha value is -3.57. The Morgan fingerprint density at radius 2 is 1.62 bits per heavy atom. The molecule has 0 aliphatic heterocycles. The normalized spacial score (nSPS) is 12.5. The summed E-state index contributed by atoms with van der Waals surface area (Å²) >= 11 is 5.76. The van der Waals surface area contributed by atoms with Crippen LogP contribution in [0.5, 0.6) is 0 Å². The van der Waals surface area contributed by atoms with Crippen molar-refractivity contribution < 1.29 is 31.2 Å². The summed E-state index contributed by atoms with van der Waals surface area (Å²) in [7, 11) is -3.12. The molecular weight excluding hydrogens is 555 g/mol. The number of rotatable bonds is 9. The first-order valence-corrected chi connectivity index (χ1v) is 13.6. The predicted molar refractivity (Wildman–Crippen MR) is 143 cm³/mol. The van der Waals surface area contributed by atoms with Gasteiger partial charge in [0.05, 0.1) is 21.2 Å². The number of benzene rings is 3. The molecule has 0 heterocycles. The monoisotopic (exact) mass is 581 g/mol. The summed E-state index contributed by atoms with van der Waals surface area (Å²) in [6.45, 7) is 2.40. The molecule has 3 aromatic rings. The van der Waals surface area contributed by atoms with E-state index in [4.69, 9.17) is 11.6 Å². The van der Waals surface area contributed by atoms with Crippen molar-refractivity contribution in [2.45, 2.75) is 37.5 Å². The Morgan fingerprint density at radius 3 is 2.21 bits per heavy atom. The standard InChI is InChI=1S/C27H27ClF3N3O4S/c1-18-9-7-8-10-20(18)16-33(19(2)26(36)32-3)25(35)17-34(39(37,38)22-11-5-4-6-12-22)21-13-14-24(28)23(15-21)27(29,30)31/h4-15,19H,16-17H2,1-3H3,(H,32,36)/t19-/m0/s1. The third kappa shape index (κ3) is 6.90. The molecule has 0 aliphatic rings. The molecule has 2 amide bonds. The molecule has 0 unspecified atom stereocenters. The summed E-state index contributed by atoms with van der Waals surface area (Å²) in [5, 5.41) is 1.85. The quantitative estimate of drug-likeness (QED) is 0.384. The molecule has 39 heavy (non-hydrogen) atoms. The highest BCUT2D eigenvalue weighted by atomic mass is 35.5. The highest BCUT2D eigenvalue weighted by molar-refractivity contribution is 7.92. The third-order valence-corrected chi connectivity index (χ3v) is 8.29. The van der Waals surface area contributed by atoms with Gasteiger partial charge in [0, 0.05) is 13.6 Å². The molecule has 0 radical (unpaired) electrons. The van der Waals surface area contributed by atoms with Crippen molar-refractivity contribution in [3.05, 3.63) is 94.5 Å². The maximum atomic E-state index is 13.7. The summed E-state index contributed by atoms with van der Waals surface area (Å²) in [6, 6.07) is 15.8. The molecule has 0 fully saturated rings. The zero-order valence-corrected chi connectivity index (χ0v) is 22.9. The van der Waals surface area contributed by atoms with Gasteiger partial charge in [-0.3, -0.25) is 13.9 Å². The third-order valence-electron chi connectivity index (χ3n) is 6.17. The van der Waals surface area contributed by atoms with Crippen LogP contribution < -0.4 is 9.62 Å². The van der Waals surface area contributed by atoms with Gasteiger partial charge in [-0.1, -0.05) is 54.1 Å². The number of anilines is 1. The first-order chi connectivity index (χ1) is 18.3. The van der Waals surface area contributed by atoms with Crippen LogP contribution in [0.3, 0.4) is 0 Å². The number of sulfonamides is 1. The minimum absolute atomic E-state index is 0.0340. The summed E-state index contributed by atoms with van der Waals surface area (Å²) in [6.07, 6.45) is -4.87. The number of carbonyl (C=O) groups excluding carboxylic acids is 2. The number of halogens is 4. The van der Waals surface area contributed by atoms with Crippen LogP contribution in [-0.2, 0) is 32.3 Å². The van der Waals surface area contributed by atoms with Crippen molar-refractivity contribution in [3.63, 3.8) is 0 Å². The molecule has 208 valence electrons. The Labute approximate surface area is 230 Å². The topological polar surface area (TPSA) is 86.8 Å². The van der Waals surface area contributed by atoms with Crippen LogP contribution in [0.1, 0.15) is 23.6 Å². The van der Waals surface area contributed by atoms with Gasteiger partial charge in [-0.2, -0.15) is 13.2 Å². The Bertz CT molecular complexity index is 1450. The van der Waals surface area contributed by atoms with E-state index in [1.54, 1.807) is 24.3 Å². The van der Waals surface area contributed by atoms with Gasteiger partial charge in [0.1, 0.15) is 12.6 Å². The number of nitrogens with zero attached hydrogens (tertiary/aromatic N) is 2. The summed E-state index contributed by atoms with van der Waals surface area (Å²) < 4.78 is 68.9. The fraction of sp³-hybridized carbons (Fsp3) is 0.259. The van der Waals surface area contributed by atoms with Gasteiger partial charge in [0.15, 0.2) is 0 Å². The van der Waals surface area contributed by atoms with Gasteiger partial charge in [-0.25, -0.2) is 8.42 Å². The van der Waals surface area contributed by atoms with E-state index in [0.717, 1.165) is 17.7 Å². The minimum atomic E-state index is -4.87. The Balaban J connectivity index is 2.12. The lowest BCUT2D eigenvalue weighted by Gasteiger charge is -2.32. The molecule has 1 atom stereocenters. The number of hydrogen-bond donors (Lipinski definition) is 1. The van der Waals surface area contributed by atoms with Crippen molar-refractivity contribution in [3.8, 4) is 0 Å². The number of aryl methyl sites for hydroxylation is 1. The predicted octanol–water partition coefficient (Wildman–Crippen LogP) is 5.03. The lowest BCUT2D eigenvalue weighted by molar-refractivity contribution is -0.139. The number of amides is 2. The van der Waals surface area contributed by atoms with Crippen molar-refractivity contribution in [2.24, 2.45) is 0 Å². The second-order valence-electron chi connectivity index (χ2n) is 8.72. The molecular formula is C27H27ClF3N3O4S. The molecule has 0 aromatic heterocycles. The first-order valence-electron chi connectivity index (χ1n) is 11.8. The molecule has 3 rings (SSSR count). The van der Waals surface area contributed by atoms with Crippen LogP contribution in [0, 0.1) is 6.92 Å². The van der Waals surface area contributed by atoms with Gasteiger partial charge < -0.3 is 10.2 Å². The van der Waals surface area contributed by atoms with Crippen LogP contribution in [0.2, 0.25) is 5.02 Å². The molecule has 0 saturated heterocycles. The second kappa shape index (κ2) is 12.1. The van der Waals surface area contributed by atoms with E-state index in [1.165, 1.54) is 43.1 Å². The first kappa shape index (κ1) is 30.0. The van der Waals surface area contributed by atoms with Crippen molar-refractivity contribution in [1.82, 2.24) is 10.2 Å². The number of hydrogen-bond acceptors (Lipinski definition) is 4. The molecule has 3 aromatic carbocycles. The fourth-order valence-electron chi connectivity index (χ4n) is 3.90. The van der Waals surface area contributed by atoms with Crippen LogP contribution in [-0.4, -0.2) is 44.8 Å². The van der Waals surface area contributed by atoms with E-state index in [9.17, 15) is 31.2 Å². The smallest absolute Gasteiger partial charge is 0.357 e. The van der Waals surface area contributed by atoms with E-state index in [-0.39, 0.29) is 11.4 Å². The lowest BCUT2D eigenvalue weighted by Crippen LogP contribution is -2.50. The summed E-state index contributed by atoms with van der Waals surface area (Å²) in [4.78, 5) is 27.2. The maximum Gasteiger partial charge on any atom is 0.417 e. The molecule has 0 spiro atoms. The minimum Gasteiger partial charge on any atom is -0.357 e. The average molecular weight is 582 g/mol. The Morgan fingerprint density at radius 1 is 1.00 bits per heavy atom. The average Bonchev–Trinajstić information content (AvgIpc) is 2.90. The zero-order valence-electron chi connectivity index (χ0n) is 21.4. The molecule has 1 N–H and O–H groups in total. The molecule has 0 saturated carbocycles. The van der Waals surface area contributed by atoms with Gasteiger partial charge in [0.25, 0.3) is 10.0 Å². The van der Waals surface area contributed by atoms with E-state index < -0.39 is 56.9 Å². The SMILES string of the molecule is CNC(=O)[C@H](C)N(Cc1ccccc1C)C(=O)CN(c1ccc(Cl)c(C(F)(F)F)c1)S(=O)(=O)c1ccccc1. The fourth-order valence-corrected chi connectivity index (χ4v) is 5.55. The van der Waals surface area contributed by atoms with Crippen LogP contribution >= 0.6 is 11.6 Å². The highest BCUT2D eigenvalue weighted by Crippen LogP contribution is 2.38. The molecule has 12 heteroatoms. The number of likely N-dealkylation sites (N-methyl/N-ethyl adjacent to an activating group) is 1. The van der Waals surface area contributed by atoms with Gasteiger partial charge >= 0.3 is 6.18 Å². The number of nitrogens with one attached hydrogen (secondary N) is 1. The van der Waals surface area contributed by atoms with Gasteiger partial charge in [0.2, 0.25) is 11.8 Å². The largest absolute Gasteiger partial charge is 0.417 e. The lowest BCUT2D eigenvalue weighted by atomic mass is 10.1. The van der Waals surface area contributed by atoms with E-state index in [1.807, 2.05) is 13.0 Å².